The van der Waals surface area contributed by atoms with Crippen molar-refractivity contribution < 1.29 is 23.8 Å². The first-order chi connectivity index (χ1) is 9.24. The zero-order valence-corrected chi connectivity index (χ0v) is 13.2. The van der Waals surface area contributed by atoms with Gasteiger partial charge in [-0.1, -0.05) is 23.2 Å². The second kappa shape index (κ2) is 4.03. The molecule has 3 aliphatic rings. The molecule has 1 aliphatic heterocycles. The quantitative estimate of drug-likeness (QED) is 0.325. The summed E-state index contributed by atoms with van der Waals surface area (Å²) in [6.07, 6.45) is 0. The van der Waals surface area contributed by atoms with Crippen LogP contribution in [0.2, 0.25) is 0 Å². The molecule has 1 saturated heterocycles. The smallest absolute Gasteiger partial charge is 0.319 e. The van der Waals surface area contributed by atoms with Gasteiger partial charge in [0.2, 0.25) is 5.79 Å². The summed E-state index contributed by atoms with van der Waals surface area (Å²) >= 11 is 25.4. The first-order valence-corrected chi connectivity index (χ1v) is 7.05. The summed E-state index contributed by atoms with van der Waals surface area (Å²) in [7, 11) is 2.57. The lowest BCUT2D eigenvalue weighted by Gasteiger charge is -2.41. The van der Waals surface area contributed by atoms with E-state index in [-0.39, 0.29) is 10.1 Å². The van der Waals surface area contributed by atoms with E-state index in [1.54, 1.807) is 0 Å². The number of carbonyl (C=O) groups is 2. The number of fused-ring (bicyclic) bond motifs is 5. The third kappa shape index (κ3) is 1.12. The number of alkyl halides is 2. The molecule has 0 spiro atoms. The highest BCUT2D eigenvalue weighted by molar-refractivity contribution is 6.53. The molecule has 110 valence electrons. The van der Waals surface area contributed by atoms with E-state index in [0.29, 0.717) is 0 Å². The van der Waals surface area contributed by atoms with Crippen LogP contribution in [-0.4, -0.2) is 41.7 Å². The molecule has 2 unspecified atom stereocenters. The molecule has 2 aliphatic carbocycles. The molecule has 0 aromatic rings. The number of hydrogen-bond acceptors (Lipinski definition) is 5. The Labute approximate surface area is 134 Å². The van der Waals surface area contributed by atoms with Gasteiger partial charge in [-0.25, -0.2) is 0 Å². The normalized spacial score (nSPS) is 45.1. The Hall–Kier alpha value is -0.0400. The first kappa shape index (κ1) is 14.9. The van der Waals surface area contributed by atoms with Gasteiger partial charge in [0.25, 0.3) is 0 Å². The fourth-order valence-corrected chi connectivity index (χ4v) is 5.67. The Morgan fingerprint density at radius 1 is 0.950 bits per heavy atom. The third-order valence-corrected chi connectivity index (χ3v) is 6.87. The predicted octanol–water partition coefficient (Wildman–Crippen LogP) is 1.96. The maximum atomic E-state index is 12.0. The maximum Gasteiger partial charge on any atom is 0.319 e. The number of esters is 2. The zero-order chi connectivity index (χ0) is 15.1. The third-order valence-electron chi connectivity index (χ3n) is 4.26. The predicted molar refractivity (Wildman–Crippen MR) is 70.7 cm³/mol. The molecule has 5 nitrogen and oxygen atoms in total. The van der Waals surface area contributed by atoms with Crippen LogP contribution in [0, 0.1) is 11.8 Å². The number of cyclic esters (lactones) is 2. The average molecular weight is 362 g/mol. The molecule has 0 aromatic heterocycles. The summed E-state index contributed by atoms with van der Waals surface area (Å²) in [5, 5.41) is -0.153. The molecule has 0 radical (unpaired) electrons. The van der Waals surface area contributed by atoms with Gasteiger partial charge in [0.15, 0.2) is 9.75 Å². The number of carbonyl (C=O) groups excluding carboxylic acids is 2. The lowest BCUT2D eigenvalue weighted by molar-refractivity contribution is -0.223. The molecule has 0 N–H and O–H groups in total. The van der Waals surface area contributed by atoms with E-state index in [2.05, 4.69) is 4.74 Å². The maximum absolute atomic E-state index is 12.0. The molecule has 3 rings (SSSR count). The minimum absolute atomic E-state index is 0.0765. The highest BCUT2D eigenvalue weighted by Gasteiger charge is 2.89. The molecule has 2 bridgehead atoms. The molecular formula is C11H8Cl4O5. The number of ether oxygens (including phenoxy) is 3. The Bertz CT molecular complexity index is 527. The van der Waals surface area contributed by atoms with Crippen molar-refractivity contribution in [2.75, 3.05) is 14.2 Å². The Morgan fingerprint density at radius 2 is 1.30 bits per heavy atom. The molecule has 0 aromatic carbocycles. The molecular weight excluding hydrogens is 354 g/mol. The number of halogens is 4. The molecule has 9 heteroatoms. The summed E-state index contributed by atoms with van der Waals surface area (Å²) in [4.78, 5) is 20.5. The fraction of sp³-hybridized carbons (Fsp3) is 0.636. The molecule has 1 saturated carbocycles. The van der Waals surface area contributed by atoms with Gasteiger partial charge in [-0.15, -0.1) is 23.2 Å². The van der Waals surface area contributed by atoms with Crippen molar-refractivity contribution in [3.63, 3.8) is 0 Å². The van der Waals surface area contributed by atoms with Crippen LogP contribution in [0.3, 0.4) is 0 Å². The lowest BCUT2D eigenvalue weighted by Crippen LogP contribution is -2.58. The van der Waals surface area contributed by atoms with Crippen molar-refractivity contribution in [3.8, 4) is 0 Å². The van der Waals surface area contributed by atoms with E-state index in [1.807, 2.05) is 0 Å². The van der Waals surface area contributed by atoms with Crippen LogP contribution in [0.15, 0.2) is 10.1 Å². The van der Waals surface area contributed by atoms with Crippen LogP contribution in [0.1, 0.15) is 0 Å². The molecule has 0 amide bonds. The van der Waals surface area contributed by atoms with Crippen molar-refractivity contribution in [1.82, 2.24) is 0 Å². The highest BCUT2D eigenvalue weighted by Crippen LogP contribution is 2.75. The van der Waals surface area contributed by atoms with Gasteiger partial charge in [0.1, 0.15) is 11.8 Å². The standard InChI is InChI=1S/C11H8Cl4O5/c1-18-11(19-2)9(14)3-4(8(17)20-7(3)16)10(11,15)6(13)5(9)12/h3-4H,1-2H3/t3?,4?,9-,10+. The van der Waals surface area contributed by atoms with Crippen LogP contribution < -0.4 is 0 Å². The minimum atomic E-state index is -1.75. The molecule has 20 heavy (non-hydrogen) atoms. The second-order valence-corrected chi connectivity index (χ2v) is 6.72. The minimum Gasteiger partial charge on any atom is -0.393 e. The zero-order valence-electron chi connectivity index (χ0n) is 10.2. The lowest BCUT2D eigenvalue weighted by atomic mass is 9.84. The number of hydrogen-bond donors (Lipinski definition) is 0. The van der Waals surface area contributed by atoms with Gasteiger partial charge in [0, 0.05) is 14.2 Å². The molecule has 1 heterocycles. The van der Waals surface area contributed by atoms with E-state index < -0.39 is 39.3 Å². The SMILES string of the molecule is COC1(OC)[C@@]2(Cl)C(Cl)=C(Cl)[C@]1(Cl)C1C(=O)OC(=O)C12. The largest absolute Gasteiger partial charge is 0.393 e. The topological polar surface area (TPSA) is 61.8 Å². The fourth-order valence-electron chi connectivity index (χ4n) is 3.52. The average Bonchev–Trinajstić information content (AvgIpc) is 2.85. The Kier molecular flexibility index (Phi) is 3.00. The number of rotatable bonds is 2. The van der Waals surface area contributed by atoms with Crippen molar-refractivity contribution >= 4 is 58.3 Å². The van der Waals surface area contributed by atoms with Crippen LogP contribution in [0.25, 0.3) is 0 Å². The van der Waals surface area contributed by atoms with E-state index in [9.17, 15) is 9.59 Å². The van der Waals surface area contributed by atoms with Gasteiger partial charge >= 0.3 is 11.9 Å². The Morgan fingerprint density at radius 3 is 1.60 bits per heavy atom. The van der Waals surface area contributed by atoms with Crippen LogP contribution in [0.4, 0.5) is 0 Å². The van der Waals surface area contributed by atoms with Crippen LogP contribution in [-0.2, 0) is 23.8 Å². The second-order valence-electron chi connectivity index (χ2n) is 4.77. The summed E-state index contributed by atoms with van der Waals surface area (Å²) in [6, 6.07) is 0. The van der Waals surface area contributed by atoms with Crippen molar-refractivity contribution in [2.45, 2.75) is 15.5 Å². The summed E-state index contributed by atoms with van der Waals surface area (Å²) in [5.74, 6) is -5.63. The van der Waals surface area contributed by atoms with Crippen LogP contribution in [0.5, 0.6) is 0 Å². The van der Waals surface area contributed by atoms with E-state index in [4.69, 9.17) is 55.9 Å². The van der Waals surface area contributed by atoms with Gasteiger partial charge < -0.3 is 14.2 Å². The summed E-state index contributed by atoms with van der Waals surface area (Å²) in [6.45, 7) is 0. The monoisotopic (exact) mass is 360 g/mol. The Balaban J connectivity index is 2.37. The summed E-state index contributed by atoms with van der Waals surface area (Å²) in [5.41, 5.74) is 0. The summed E-state index contributed by atoms with van der Waals surface area (Å²) < 4.78 is 15.3. The van der Waals surface area contributed by atoms with Crippen molar-refractivity contribution in [2.24, 2.45) is 11.8 Å². The highest BCUT2D eigenvalue weighted by atomic mass is 35.5. The first-order valence-electron chi connectivity index (χ1n) is 5.54. The molecule has 4 atom stereocenters. The van der Waals surface area contributed by atoms with Crippen molar-refractivity contribution in [3.05, 3.63) is 10.1 Å². The van der Waals surface area contributed by atoms with Gasteiger partial charge in [-0.3, -0.25) is 9.59 Å². The van der Waals surface area contributed by atoms with Gasteiger partial charge in [-0.05, 0) is 0 Å². The number of methoxy groups -OCH3 is 2. The van der Waals surface area contributed by atoms with Crippen molar-refractivity contribution in [1.29, 1.82) is 0 Å². The van der Waals surface area contributed by atoms with Gasteiger partial charge in [0.05, 0.1) is 10.1 Å². The van der Waals surface area contributed by atoms with Gasteiger partial charge in [-0.2, -0.15) is 0 Å². The van der Waals surface area contributed by atoms with Crippen LogP contribution >= 0.6 is 46.4 Å². The van der Waals surface area contributed by atoms with E-state index in [0.717, 1.165) is 0 Å². The molecule has 2 fully saturated rings. The van der Waals surface area contributed by atoms with E-state index >= 15 is 0 Å². The van der Waals surface area contributed by atoms with E-state index in [1.165, 1.54) is 14.2 Å².